The molecule has 38 heavy (non-hydrogen) atoms. The van der Waals surface area contributed by atoms with Gasteiger partial charge in [-0.25, -0.2) is 4.98 Å². The second-order valence-electron chi connectivity index (χ2n) is 10.6. The van der Waals surface area contributed by atoms with Crippen LogP contribution in [0.2, 0.25) is 5.02 Å². The molecule has 0 radical (unpaired) electrons. The number of aromatic amines is 1. The van der Waals surface area contributed by atoms with Crippen LogP contribution in [0.1, 0.15) is 42.6 Å². The molecule has 1 saturated heterocycles. The number of carbonyl (C=O) groups excluding carboxylic acids is 1. The van der Waals surface area contributed by atoms with Crippen LogP contribution >= 0.6 is 11.6 Å². The third-order valence-electron chi connectivity index (χ3n) is 7.19. The molecule has 0 aliphatic carbocycles. The number of hydrogen-bond acceptors (Lipinski definition) is 7. The van der Waals surface area contributed by atoms with Crippen molar-refractivity contribution in [2.75, 3.05) is 38.6 Å². The molecule has 3 N–H and O–H groups in total. The standard InChI is InChI=1S/C28H34ClN5O4/c1-28(2)15-17-13-18(29)14-20(24(17)38-28)26(36)31-22-9-12-34(16-23(22)37-3)11-6-10-30-27-32-21-8-5-4-7-19(21)25(35)33-27/h4-5,7-8,13-14,22-23H,6,9-12,15-16H2,1-3H3,(H,31,36)(H2,30,32,33,35)/t22-,23+/m1/s1. The van der Waals surface area contributed by atoms with Gasteiger partial charge in [0.15, 0.2) is 0 Å². The van der Waals surface area contributed by atoms with Crippen LogP contribution in [0.3, 0.4) is 0 Å². The second kappa shape index (κ2) is 10.9. The number of benzene rings is 2. The van der Waals surface area contributed by atoms with Gasteiger partial charge in [-0.05, 0) is 57.5 Å². The fraction of sp³-hybridized carbons (Fsp3) is 0.464. The Bertz CT molecular complexity index is 1390. The highest BCUT2D eigenvalue weighted by molar-refractivity contribution is 6.31. The molecule has 3 aromatic rings. The van der Waals surface area contributed by atoms with Crippen LogP contribution in [-0.4, -0.2) is 71.8 Å². The molecular weight excluding hydrogens is 506 g/mol. The summed E-state index contributed by atoms with van der Waals surface area (Å²) in [7, 11) is 1.68. The monoisotopic (exact) mass is 539 g/mol. The van der Waals surface area contributed by atoms with Crippen molar-refractivity contribution in [3.63, 3.8) is 0 Å². The number of fused-ring (bicyclic) bond motifs is 2. The maximum absolute atomic E-state index is 13.3. The molecular formula is C28H34ClN5O4. The number of nitrogens with one attached hydrogen (secondary N) is 3. The van der Waals surface area contributed by atoms with E-state index in [1.165, 1.54) is 0 Å². The van der Waals surface area contributed by atoms with E-state index in [9.17, 15) is 9.59 Å². The topological polar surface area (TPSA) is 109 Å². The largest absolute Gasteiger partial charge is 0.486 e. The van der Waals surface area contributed by atoms with E-state index in [4.69, 9.17) is 21.1 Å². The van der Waals surface area contributed by atoms with Crippen molar-refractivity contribution in [1.82, 2.24) is 20.2 Å². The maximum Gasteiger partial charge on any atom is 0.260 e. The van der Waals surface area contributed by atoms with E-state index in [0.717, 1.165) is 31.5 Å². The summed E-state index contributed by atoms with van der Waals surface area (Å²) in [5, 5.41) is 7.50. The Morgan fingerprint density at radius 3 is 2.95 bits per heavy atom. The van der Waals surface area contributed by atoms with Crippen molar-refractivity contribution in [3.8, 4) is 5.75 Å². The van der Waals surface area contributed by atoms with Crippen LogP contribution in [0.15, 0.2) is 41.2 Å². The number of nitrogens with zero attached hydrogens (tertiary/aromatic N) is 2. The van der Waals surface area contributed by atoms with Gasteiger partial charge >= 0.3 is 0 Å². The molecule has 0 unspecified atom stereocenters. The Hall–Kier alpha value is -3.14. The molecule has 1 fully saturated rings. The molecule has 3 heterocycles. The van der Waals surface area contributed by atoms with Crippen molar-refractivity contribution < 1.29 is 14.3 Å². The Balaban J connectivity index is 1.13. The number of rotatable bonds is 8. The summed E-state index contributed by atoms with van der Waals surface area (Å²) >= 11 is 6.32. The second-order valence-corrected chi connectivity index (χ2v) is 11.1. The van der Waals surface area contributed by atoms with Gasteiger partial charge in [0.1, 0.15) is 11.4 Å². The highest BCUT2D eigenvalue weighted by atomic mass is 35.5. The zero-order valence-electron chi connectivity index (χ0n) is 22.0. The molecule has 9 nitrogen and oxygen atoms in total. The van der Waals surface area contributed by atoms with E-state index in [0.29, 0.717) is 52.7 Å². The molecule has 0 saturated carbocycles. The first-order valence-corrected chi connectivity index (χ1v) is 13.4. The molecule has 0 bridgehead atoms. The average molecular weight is 540 g/mol. The van der Waals surface area contributed by atoms with Crippen LogP contribution < -0.4 is 20.9 Å². The molecule has 2 aliphatic rings. The summed E-state index contributed by atoms with van der Waals surface area (Å²) in [6.07, 6.45) is 2.21. The molecule has 0 spiro atoms. The van der Waals surface area contributed by atoms with Crippen molar-refractivity contribution >= 4 is 34.4 Å². The maximum atomic E-state index is 13.3. The third-order valence-corrected chi connectivity index (χ3v) is 7.41. The first kappa shape index (κ1) is 26.5. The number of aromatic nitrogens is 2. The van der Waals surface area contributed by atoms with Crippen molar-refractivity contribution in [2.45, 2.75) is 50.9 Å². The van der Waals surface area contributed by atoms with Gasteiger partial charge in [0.05, 0.1) is 28.6 Å². The fourth-order valence-corrected chi connectivity index (χ4v) is 5.60. The summed E-state index contributed by atoms with van der Waals surface area (Å²) in [5.41, 5.74) is 1.59. The molecule has 2 atom stereocenters. The van der Waals surface area contributed by atoms with Gasteiger partial charge in [-0.15, -0.1) is 0 Å². The van der Waals surface area contributed by atoms with E-state index in [1.807, 2.05) is 38.1 Å². The van der Waals surface area contributed by atoms with Gasteiger partial charge in [-0.2, -0.15) is 0 Å². The van der Waals surface area contributed by atoms with Crippen molar-refractivity contribution in [2.24, 2.45) is 0 Å². The average Bonchev–Trinajstić information content (AvgIpc) is 3.20. The van der Waals surface area contributed by atoms with Gasteiger partial charge in [-0.1, -0.05) is 23.7 Å². The number of para-hydroxylation sites is 1. The first-order valence-electron chi connectivity index (χ1n) is 13.0. The molecule has 1 aromatic heterocycles. The number of likely N-dealkylation sites (tertiary alicyclic amines) is 1. The Kier molecular flexibility index (Phi) is 7.61. The SMILES string of the molecule is CO[C@H]1CN(CCCNc2nc3ccccc3c(=O)[nH]2)CC[C@H]1NC(=O)c1cc(Cl)cc2c1OC(C)(C)C2. The quantitative estimate of drug-likeness (QED) is 0.375. The van der Waals surface area contributed by atoms with Gasteiger partial charge < -0.3 is 25.0 Å². The molecule has 10 heteroatoms. The number of ether oxygens (including phenoxy) is 2. The van der Waals surface area contributed by atoms with Crippen LogP contribution in [-0.2, 0) is 11.2 Å². The Morgan fingerprint density at radius 1 is 1.32 bits per heavy atom. The minimum absolute atomic E-state index is 0.113. The summed E-state index contributed by atoms with van der Waals surface area (Å²) in [6, 6.07) is 10.7. The van der Waals surface area contributed by atoms with Crippen molar-refractivity contribution in [1.29, 1.82) is 0 Å². The lowest BCUT2D eigenvalue weighted by atomic mass is 9.99. The van der Waals surface area contributed by atoms with E-state index in [-0.39, 0.29) is 29.2 Å². The molecule has 5 rings (SSSR count). The van der Waals surface area contributed by atoms with Crippen LogP contribution in [0, 0.1) is 0 Å². The minimum atomic E-state index is -0.364. The van der Waals surface area contributed by atoms with Crippen LogP contribution in [0.5, 0.6) is 5.75 Å². The summed E-state index contributed by atoms with van der Waals surface area (Å²) in [4.78, 5) is 35.1. The zero-order valence-corrected chi connectivity index (χ0v) is 22.7. The number of methoxy groups -OCH3 is 1. The number of hydrogen-bond donors (Lipinski definition) is 3. The number of H-pyrrole nitrogens is 1. The van der Waals surface area contributed by atoms with E-state index < -0.39 is 0 Å². The Labute approximate surface area is 226 Å². The van der Waals surface area contributed by atoms with Gasteiger partial charge in [-0.3, -0.25) is 14.6 Å². The molecule has 2 aromatic carbocycles. The summed E-state index contributed by atoms with van der Waals surface area (Å²) in [6.45, 7) is 7.09. The zero-order chi connectivity index (χ0) is 26.9. The van der Waals surface area contributed by atoms with Gasteiger partial charge in [0, 0.05) is 43.8 Å². The van der Waals surface area contributed by atoms with Gasteiger partial charge in [0.25, 0.3) is 11.5 Å². The smallest absolute Gasteiger partial charge is 0.260 e. The highest BCUT2D eigenvalue weighted by Crippen LogP contribution is 2.39. The van der Waals surface area contributed by atoms with Crippen LogP contribution in [0.4, 0.5) is 5.95 Å². The number of anilines is 1. The lowest BCUT2D eigenvalue weighted by Crippen LogP contribution is -2.55. The van der Waals surface area contributed by atoms with Gasteiger partial charge in [0.2, 0.25) is 5.95 Å². The predicted molar refractivity (Wildman–Crippen MR) is 148 cm³/mol. The Morgan fingerprint density at radius 2 is 2.13 bits per heavy atom. The van der Waals surface area contributed by atoms with E-state index in [1.54, 1.807) is 19.2 Å². The van der Waals surface area contributed by atoms with E-state index >= 15 is 0 Å². The first-order chi connectivity index (χ1) is 18.2. The third kappa shape index (κ3) is 5.80. The normalized spacial score (nSPS) is 20.6. The molecule has 2 aliphatic heterocycles. The van der Waals surface area contributed by atoms with E-state index in [2.05, 4.69) is 25.5 Å². The van der Waals surface area contributed by atoms with Crippen molar-refractivity contribution in [3.05, 3.63) is 62.9 Å². The number of carbonyl (C=O) groups is 1. The molecule has 202 valence electrons. The number of amides is 1. The highest BCUT2D eigenvalue weighted by Gasteiger charge is 2.36. The summed E-state index contributed by atoms with van der Waals surface area (Å²) < 4.78 is 11.9. The lowest BCUT2D eigenvalue weighted by Gasteiger charge is -2.38. The lowest BCUT2D eigenvalue weighted by molar-refractivity contribution is 0.00634. The fourth-order valence-electron chi connectivity index (χ4n) is 5.35. The minimum Gasteiger partial charge on any atom is -0.486 e. The summed E-state index contributed by atoms with van der Waals surface area (Å²) in [5.74, 6) is 0.908. The molecule has 1 amide bonds. The predicted octanol–water partition coefficient (Wildman–Crippen LogP) is 3.61. The number of halogens is 1. The number of piperidine rings is 1. The van der Waals surface area contributed by atoms with Crippen LogP contribution in [0.25, 0.3) is 10.9 Å².